The molecule has 2 aromatic rings. The average Bonchev–Trinajstić information content (AvgIpc) is 2.87. The first-order chi connectivity index (χ1) is 11.7. The van der Waals surface area contributed by atoms with Gasteiger partial charge in [0.05, 0.1) is 22.8 Å². The number of carboxylic acid groups (broad SMARTS) is 1. The molecule has 8 nitrogen and oxygen atoms in total. The lowest BCUT2D eigenvalue weighted by Gasteiger charge is -2.15. The number of hydrogen-bond donors (Lipinski definition) is 2. The lowest BCUT2D eigenvalue weighted by Crippen LogP contribution is -2.28. The number of rotatable bonds is 6. The highest BCUT2D eigenvalue weighted by Crippen LogP contribution is 2.24. The number of nitro groups is 1. The van der Waals surface area contributed by atoms with Gasteiger partial charge in [-0.15, -0.1) is 0 Å². The van der Waals surface area contributed by atoms with Crippen LogP contribution in [0.5, 0.6) is 0 Å². The van der Waals surface area contributed by atoms with Gasteiger partial charge in [0.15, 0.2) is 0 Å². The lowest BCUT2D eigenvalue weighted by molar-refractivity contribution is -0.385. The van der Waals surface area contributed by atoms with Gasteiger partial charge >= 0.3 is 5.97 Å². The van der Waals surface area contributed by atoms with Gasteiger partial charge in [0.1, 0.15) is 12.2 Å². The Balaban J connectivity index is 2.24. The third kappa shape index (κ3) is 4.03. The number of aliphatic carboxylic acids is 1. The SMILES string of the molecule is Cc1ccc(C(C)NC(=O)c2c(C)coc2CC(=O)O)cc1[N+](=O)[O-]. The predicted octanol–water partition coefficient (Wildman–Crippen LogP) is 2.92. The van der Waals surface area contributed by atoms with Gasteiger partial charge in [-0.25, -0.2) is 0 Å². The molecule has 1 aromatic carbocycles. The van der Waals surface area contributed by atoms with Gasteiger partial charge in [-0.2, -0.15) is 0 Å². The van der Waals surface area contributed by atoms with Gasteiger partial charge in [-0.1, -0.05) is 12.1 Å². The molecule has 0 aliphatic carbocycles. The quantitative estimate of drug-likeness (QED) is 0.612. The minimum Gasteiger partial charge on any atom is -0.481 e. The molecule has 1 heterocycles. The molecule has 0 spiro atoms. The predicted molar refractivity (Wildman–Crippen MR) is 88.5 cm³/mol. The zero-order chi connectivity index (χ0) is 18.7. The fourth-order valence-corrected chi connectivity index (χ4v) is 2.51. The Kier molecular flexibility index (Phi) is 5.21. The Morgan fingerprint density at radius 1 is 1.32 bits per heavy atom. The standard InChI is InChI=1S/C17H18N2O6/c1-9-4-5-12(6-13(9)19(23)24)11(3)18-17(22)16-10(2)8-25-14(16)7-15(20)21/h4-6,8,11H,7H2,1-3H3,(H,18,22)(H,20,21). The number of aryl methyl sites for hydroxylation is 2. The van der Waals surface area contributed by atoms with Crippen LogP contribution >= 0.6 is 0 Å². The highest BCUT2D eigenvalue weighted by molar-refractivity contribution is 5.97. The maximum atomic E-state index is 12.5. The first-order valence-corrected chi connectivity index (χ1v) is 7.55. The molecule has 1 amide bonds. The molecule has 2 rings (SSSR count). The van der Waals surface area contributed by atoms with Gasteiger partial charge in [0.2, 0.25) is 0 Å². The first kappa shape index (κ1) is 18.2. The van der Waals surface area contributed by atoms with Crippen molar-refractivity contribution in [3.63, 3.8) is 0 Å². The van der Waals surface area contributed by atoms with E-state index >= 15 is 0 Å². The van der Waals surface area contributed by atoms with Crippen LogP contribution in [0.25, 0.3) is 0 Å². The van der Waals surface area contributed by atoms with Crippen LogP contribution in [0, 0.1) is 24.0 Å². The highest BCUT2D eigenvalue weighted by Gasteiger charge is 2.23. The Hall–Kier alpha value is -3.16. The third-order valence-electron chi connectivity index (χ3n) is 3.87. The third-order valence-corrected chi connectivity index (χ3v) is 3.87. The summed E-state index contributed by atoms with van der Waals surface area (Å²) in [6.45, 7) is 4.97. The summed E-state index contributed by atoms with van der Waals surface area (Å²) < 4.78 is 5.15. The highest BCUT2D eigenvalue weighted by atomic mass is 16.6. The minimum absolute atomic E-state index is 0.0235. The Morgan fingerprint density at radius 2 is 2.00 bits per heavy atom. The van der Waals surface area contributed by atoms with Crippen molar-refractivity contribution in [2.45, 2.75) is 33.2 Å². The van der Waals surface area contributed by atoms with Crippen molar-refractivity contribution in [3.05, 3.63) is 62.6 Å². The summed E-state index contributed by atoms with van der Waals surface area (Å²) in [5.74, 6) is -1.52. The molecule has 1 aromatic heterocycles. The van der Waals surface area contributed by atoms with Crippen molar-refractivity contribution in [1.82, 2.24) is 5.32 Å². The van der Waals surface area contributed by atoms with E-state index in [9.17, 15) is 19.7 Å². The lowest BCUT2D eigenvalue weighted by atomic mass is 10.0. The van der Waals surface area contributed by atoms with E-state index in [0.29, 0.717) is 16.7 Å². The number of carbonyl (C=O) groups is 2. The second kappa shape index (κ2) is 7.16. The number of nitrogens with zero attached hydrogens (tertiary/aromatic N) is 1. The summed E-state index contributed by atoms with van der Waals surface area (Å²) in [7, 11) is 0. The average molecular weight is 346 g/mol. The van der Waals surface area contributed by atoms with Crippen molar-refractivity contribution in [1.29, 1.82) is 0 Å². The number of hydrogen-bond acceptors (Lipinski definition) is 5. The van der Waals surface area contributed by atoms with Crippen molar-refractivity contribution in [2.75, 3.05) is 0 Å². The topological polar surface area (TPSA) is 123 Å². The van der Waals surface area contributed by atoms with Crippen molar-refractivity contribution in [2.24, 2.45) is 0 Å². The van der Waals surface area contributed by atoms with Gasteiger partial charge < -0.3 is 14.8 Å². The summed E-state index contributed by atoms with van der Waals surface area (Å²) in [5.41, 5.74) is 1.78. The number of nitrogens with one attached hydrogen (secondary N) is 1. The van der Waals surface area contributed by atoms with Gasteiger partial charge in [0, 0.05) is 17.2 Å². The minimum atomic E-state index is -1.11. The fourth-order valence-electron chi connectivity index (χ4n) is 2.51. The van der Waals surface area contributed by atoms with Crippen LogP contribution in [-0.2, 0) is 11.2 Å². The van der Waals surface area contributed by atoms with E-state index in [1.165, 1.54) is 12.3 Å². The zero-order valence-corrected chi connectivity index (χ0v) is 14.0. The molecular weight excluding hydrogens is 328 g/mol. The molecular formula is C17H18N2O6. The van der Waals surface area contributed by atoms with Crippen molar-refractivity contribution < 1.29 is 24.0 Å². The van der Waals surface area contributed by atoms with Gasteiger partial charge in [-0.3, -0.25) is 19.7 Å². The maximum absolute atomic E-state index is 12.5. The summed E-state index contributed by atoms with van der Waals surface area (Å²) in [4.78, 5) is 33.9. The van der Waals surface area contributed by atoms with Gasteiger partial charge in [0.25, 0.3) is 11.6 Å². The first-order valence-electron chi connectivity index (χ1n) is 7.55. The van der Waals surface area contributed by atoms with E-state index in [4.69, 9.17) is 9.52 Å². The number of benzene rings is 1. The normalized spacial score (nSPS) is 11.8. The number of amides is 1. The summed E-state index contributed by atoms with van der Waals surface area (Å²) in [6, 6.07) is 4.24. The number of furan rings is 1. The molecule has 0 bridgehead atoms. The Bertz CT molecular complexity index is 840. The largest absolute Gasteiger partial charge is 0.481 e. The second-order valence-corrected chi connectivity index (χ2v) is 5.79. The molecule has 0 saturated heterocycles. The molecule has 0 fully saturated rings. The molecule has 132 valence electrons. The van der Waals surface area contributed by atoms with E-state index in [2.05, 4.69) is 5.32 Å². The Labute approximate surface area is 143 Å². The molecule has 0 radical (unpaired) electrons. The molecule has 1 unspecified atom stereocenters. The molecule has 0 aliphatic rings. The molecule has 0 aliphatic heterocycles. The summed E-state index contributed by atoms with van der Waals surface area (Å²) >= 11 is 0. The van der Waals surface area contributed by atoms with E-state index in [1.807, 2.05) is 0 Å². The molecule has 1 atom stereocenters. The van der Waals surface area contributed by atoms with Gasteiger partial charge in [-0.05, 0) is 26.3 Å². The number of carboxylic acids is 1. The van der Waals surface area contributed by atoms with E-state index < -0.39 is 29.3 Å². The van der Waals surface area contributed by atoms with Crippen LogP contribution in [0.4, 0.5) is 5.69 Å². The number of nitro benzene ring substituents is 1. The summed E-state index contributed by atoms with van der Waals surface area (Å²) in [6.07, 6.45) is 0.926. The van der Waals surface area contributed by atoms with Crippen molar-refractivity contribution >= 4 is 17.6 Å². The molecule has 25 heavy (non-hydrogen) atoms. The van der Waals surface area contributed by atoms with E-state index in [1.54, 1.807) is 32.9 Å². The summed E-state index contributed by atoms with van der Waals surface area (Å²) in [5, 5.41) is 22.7. The molecule has 0 saturated carbocycles. The van der Waals surface area contributed by atoms with E-state index in [-0.39, 0.29) is 17.0 Å². The maximum Gasteiger partial charge on any atom is 0.311 e. The smallest absolute Gasteiger partial charge is 0.311 e. The monoisotopic (exact) mass is 346 g/mol. The second-order valence-electron chi connectivity index (χ2n) is 5.79. The van der Waals surface area contributed by atoms with Crippen LogP contribution in [0.15, 0.2) is 28.9 Å². The van der Waals surface area contributed by atoms with Crippen LogP contribution in [-0.4, -0.2) is 21.9 Å². The fraction of sp³-hybridized carbons (Fsp3) is 0.294. The van der Waals surface area contributed by atoms with Crippen molar-refractivity contribution in [3.8, 4) is 0 Å². The van der Waals surface area contributed by atoms with Crippen LogP contribution < -0.4 is 5.32 Å². The Morgan fingerprint density at radius 3 is 2.60 bits per heavy atom. The van der Waals surface area contributed by atoms with Crippen LogP contribution in [0.2, 0.25) is 0 Å². The number of carbonyl (C=O) groups excluding carboxylic acids is 1. The molecule has 8 heteroatoms. The molecule has 2 N–H and O–H groups in total. The van der Waals surface area contributed by atoms with E-state index in [0.717, 1.165) is 0 Å². The zero-order valence-electron chi connectivity index (χ0n) is 14.0. The van der Waals surface area contributed by atoms with Crippen LogP contribution in [0.3, 0.4) is 0 Å². The van der Waals surface area contributed by atoms with Crippen LogP contribution in [0.1, 0.15) is 45.8 Å².